The van der Waals surface area contributed by atoms with Crippen LogP contribution in [-0.4, -0.2) is 95.2 Å². The van der Waals surface area contributed by atoms with Gasteiger partial charge in [-0.15, -0.1) is 5.10 Å². The Bertz CT molecular complexity index is 1190. The maximum absolute atomic E-state index is 13.5. The first-order chi connectivity index (χ1) is 28.8. The van der Waals surface area contributed by atoms with Crippen LogP contribution in [0, 0.1) is 0 Å². The molecular weight excluding hydrogens is 743 g/mol. The van der Waals surface area contributed by atoms with Crippen molar-refractivity contribution in [3.8, 4) is 0 Å². The average molecular weight is 832 g/mol. The molecule has 0 radical (unpaired) electrons. The highest BCUT2D eigenvalue weighted by molar-refractivity contribution is 5.76. The van der Waals surface area contributed by atoms with Crippen molar-refractivity contribution in [3.63, 3.8) is 0 Å². The quantitative estimate of drug-likeness (QED) is 0.0361. The van der Waals surface area contributed by atoms with Crippen molar-refractivity contribution in [2.24, 2.45) is 0 Å². The van der Waals surface area contributed by atoms with Gasteiger partial charge in [0.25, 0.3) is 0 Å². The van der Waals surface area contributed by atoms with Crippen molar-refractivity contribution in [2.45, 2.75) is 238 Å². The molecule has 0 saturated carbocycles. The Morgan fingerprint density at radius 1 is 0.661 bits per heavy atom. The minimum Gasteiger partial charge on any atom is -0.466 e. The third-order valence-corrected chi connectivity index (χ3v) is 11.7. The largest absolute Gasteiger partial charge is 0.466 e. The van der Waals surface area contributed by atoms with Crippen molar-refractivity contribution < 1.29 is 28.6 Å². The highest BCUT2D eigenvalue weighted by Crippen LogP contribution is 2.29. The maximum atomic E-state index is 13.5. The van der Waals surface area contributed by atoms with Gasteiger partial charge in [0.15, 0.2) is 0 Å². The normalized spacial score (nSPS) is 16.2. The Hall–Kier alpha value is -2.53. The fourth-order valence-corrected chi connectivity index (χ4v) is 8.15. The van der Waals surface area contributed by atoms with Crippen LogP contribution in [0.2, 0.25) is 0 Å². The second-order valence-electron chi connectivity index (χ2n) is 17.7. The fraction of sp³-hybridized carbons (Fsp3) is 0.896. The van der Waals surface area contributed by atoms with Gasteiger partial charge >= 0.3 is 17.9 Å². The van der Waals surface area contributed by atoms with Gasteiger partial charge in [0, 0.05) is 25.9 Å². The first kappa shape index (κ1) is 52.6. The van der Waals surface area contributed by atoms with Gasteiger partial charge in [-0.3, -0.25) is 19.3 Å². The van der Waals surface area contributed by atoms with E-state index in [4.69, 9.17) is 14.2 Å². The zero-order valence-corrected chi connectivity index (χ0v) is 38.7. The van der Waals surface area contributed by atoms with Crippen LogP contribution < -0.4 is 0 Å². The van der Waals surface area contributed by atoms with Crippen molar-refractivity contribution in [1.82, 2.24) is 24.8 Å². The number of likely N-dealkylation sites (tertiary alicyclic amines) is 1. The molecule has 1 aliphatic heterocycles. The molecule has 11 nitrogen and oxygen atoms in total. The van der Waals surface area contributed by atoms with Gasteiger partial charge in [0.05, 0.1) is 31.1 Å². The van der Waals surface area contributed by atoms with E-state index in [9.17, 15) is 14.4 Å². The van der Waals surface area contributed by atoms with E-state index >= 15 is 0 Å². The van der Waals surface area contributed by atoms with Crippen molar-refractivity contribution in [1.29, 1.82) is 0 Å². The molecule has 0 amide bonds. The van der Waals surface area contributed by atoms with E-state index in [2.05, 4.69) is 40.9 Å². The van der Waals surface area contributed by atoms with Gasteiger partial charge in [-0.25, -0.2) is 4.68 Å². The molecule has 59 heavy (non-hydrogen) atoms. The second kappa shape index (κ2) is 35.1. The Morgan fingerprint density at radius 2 is 1.19 bits per heavy atom. The van der Waals surface area contributed by atoms with Crippen LogP contribution in [0.5, 0.6) is 0 Å². The van der Waals surface area contributed by atoms with E-state index in [1.807, 2.05) is 25.0 Å². The molecule has 1 aromatic rings. The van der Waals surface area contributed by atoms with E-state index in [1.165, 1.54) is 77.0 Å². The van der Waals surface area contributed by atoms with Crippen LogP contribution in [0.1, 0.15) is 225 Å². The predicted octanol–water partition coefficient (Wildman–Crippen LogP) is 11.3. The Balaban J connectivity index is 1.67. The van der Waals surface area contributed by atoms with Gasteiger partial charge in [-0.2, -0.15) is 0 Å². The van der Waals surface area contributed by atoms with Gasteiger partial charge in [-0.1, -0.05) is 148 Å². The Morgan fingerprint density at radius 3 is 1.81 bits per heavy atom. The van der Waals surface area contributed by atoms with Crippen molar-refractivity contribution in [3.05, 3.63) is 11.9 Å². The molecule has 0 aliphatic carbocycles. The summed E-state index contributed by atoms with van der Waals surface area (Å²) in [6.45, 7) is 9.82. The molecule has 3 atom stereocenters. The fourth-order valence-electron chi connectivity index (χ4n) is 8.15. The van der Waals surface area contributed by atoms with Crippen molar-refractivity contribution in [2.75, 3.05) is 40.4 Å². The Kier molecular flexibility index (Phi) is 31.3. The number of aromatic nitrogens is 3. The van der Waals surface area contributed by atoms with Gasteiger partial charge in [0.1, 0.15) is 12.1 Å². The van der Waals surface area contributed by atoms with Crippen LogP contribution in [0.3, 0.4) is 0 Å². The lowest BCUT2D eigenvalue weighted by atomic mass is 10.0. The molecular formula is C48H89N5O6. The van der Waals surface area contributed by atoms with Gasteiger partial charge < -0.3 is 19.1 Å². The molecule has 2 heterocycles. The highest BCUT2D eigenvalue weighted by Gasteiger charge is 2.39. The molecule has 1 saturated heterocycles. The Labute approximate surface area is 360 Å². The number of carbonyl (C=O) groups is 3. The van der Waals surface area contributed by atoms with Crippen LogP contribution in [0.4, 0.5) is 0 Å². The minimum absolute atomic E-state index is 0.0488. The monoisotopic (exact) mass is 832 g/mol. The van der Waals surface area contributed by atoms with Crippen molar-refractivity contribution >= 4 is 17.9 Å². The lowest BCUT2D eigenvalue weighted by Gasteiger charge is -2.22. The third kappa shape index (κ3) is 26.4. The second-order valence-corrected chi connectivity index (χ2v) is 17.7. The molecule has 0 N–H and O–H groups in total. The molecule has 0 spiro atoms. The van der Waals surface area contributed by atoms with Crippen LogP contribution >= 0.6 is 0 Å². The molecule has 1 aliphatic rings. The number of carbonyl (C=O) groups excluding carboxylic acids is 3. The standard InChI is InChI=1S/C48H89N5O6/c1-6-9-12-14-16-17-18-22-29-36-57-46(54)33-27-24-28-35-52-41-43(53-40-42(49-50-53)39-51(4)5)38-45(52)48(56)58-37-30-23-19-21-26-34-47(55)59-44(31-11-8-3)32-25-20-15-13-10-7-2/h40,43-45H,6-39,41H2,1-5H3/t43-,44?,45-/m0/s1. The van der Waals surface area contributed by atoms with E-state index in [0.717, 1.165) is 109 Å². The zero-order chi connectivity index (χ0) is 42.8. The number of unbranched alkanes of at least 4 members (excludes halogenated alkanes) is 20. The number of hydrogen-bond donors (Lipinski definition) is 0. The predicted molar refractivity (Wildman–Crippen MR) is 239 cm³/mol. The van der Waals surface area contributed by atoms with E-state index in [0.29, 0.717) is 45.6 Å². The minimum atomic E-state index is -0.323. The molecule has 0 aromatic carbocycles. The van der Waals surface area contributed by atoms with Gasteiger partial charge in [-0.05, 0) is 78.4 Å². The van der Waals surface area contributed by atoms with Crippen LogP contribution in [0.15, 0.2) is 6.20 Å². The summed E-state index contributed by atoms with van der Waals surface area (Å²) in [5.41, 5.74) is 0.911. The summed E-state index contributed by atoms with van der Waals surface area (Å²) in [4.78, 5) is 42.7. The highest BCUT2D eigenvalue weighted by atomic mass is 16.5. The number of nitrogens with zero attached hydrogens (tertiary/aromatic N) is 5. The molecule has 1 aromatic heterocycles. The number of ether oxygens (including phenoxy) is 3. The lowest BCUT2D eigenvalue weighted by Crippen LogP contribution is -2.38. The van der Waals surface area contributed by atoms with E-state index in [1.54, 1.807) is 0 Å². The summed E-state index contributed by atoms with van der Waals surface area (Å²) in [6.07, 6.45) is 33.8. The van der Waals surface area contributed by atoms with E-state index < -0.39 is 0 Å². The summed E-state index contributed by atoms with van der Waals surface area (Å²) >= 11 is 0. The number of rotatable bonds is 39. The topological polar surface area (TPSA) is 116 Å². The smallest absolute Gasteiger partial charge is 0.323 e. The SMILES string of the molecule is CCCCCCCCCCCOC(=O)CCCCCN1C[C@@H](n2cc(CN(C)C)nn2)C[C@H]1C(=O)OCCCCCCCC(=O)OC(CCCC)CCCCCCCC. The molecule has 342 valence electrons. The summed E-state index contributed by atoms with van der Waals surface area (Å²) in [5.74, 6) is -0.311. The van der Waals surface area contributed by atoms with E-state index in [-0.39, 0.29) is 36.1 Å². The maximum Gasteiger partial charge on any atom is 0.323 e. The van der Waals surface area contributed by atoms with Crippen LogP contribution in [0.25, 0.3) is 0 Å². The first-order valence-corrected chi connectivity index (χ1v) is 24.6. The summed E-state index contributed by atoms with van der Waals surface area (Å²) < 4.78 is 19.2. The molecule has 11 heteroatoms. The summed E-state index contributed by atoms with van der Waals surface area (Å²) in [5, 5.41) is 8.78. The number of esters is 3. The average Bonchev–Trinajstić information content (AvgIpc) is 3.86. The molecule has 0 bridgehead atoms. The number of hydrogen-bond acceptors (Lipinski definition) is 10. The molecule has 1 fully saturated rings. The first-order valence-electron chi connectivity index (χ1n) is 24.6. The van der Waals surface area contributed by atoms with Gasteiger partial charge in [0.2, 0.25) is 0 Å². The lowest BCUT2D eigenvalue weighted by molar-refractivity contribution is -0.150. The zero-order valence-electron chi connectivity index (χ0n) is 38.7. The molecule has 1 unspecified atom stereocenters. The third-order valence-electron chi connectivity index (χ3n) is 11.7. The summed E-state index contributed by atoms with van der Waals surface area (Å²) in [6, 6.07) is -0.271. The molecule has 2 rings (SSSR count). The summed E-state index contributed by atoms with van der Waals surface area (Å²) in [7, 11) is 4.02. The van der Waals surface area contributed by atoms with Crippen LogP contribution in [-0.2, 0) is 35.1 Å².